The molecular weight excluding hydrogens is 350 g/mol. The van der Waals surface area contributed by atoms with Gasteiger partial charge in [-0.25, -0.2) is 4.98 Å². The molecule has 2 aromatic rings. The quantitative estimate of drug-likeness (QED) is 0.909. The Bertz CT molecular complexity index is 671. The molecule has 6 heteroatoms. The van der Waals surface area contributed by atoms with Crippen molar-refractivity contribution >= 4 is 33.2 Å². The largest absolute Gasteiger partial charge is 0.333 e. The van der Waals surface area contributed by atoms with Gasteiger partial charge < -0.3 is 10.6 Å². The Kier molecular flexibility index (Phi) is 4.37. The van der Waals surface area contributed by atoms with E-state index in [1.54, 1.807) is 0 Å². The third kappa shape index (κ3) is 3.02. The third-order valence-electron chi connectivity index (χ3n) is 3.63. The molecule has 3 rings (SSSR count). The van der Waals surface area contributed by atoms with E-state index in [1.807, 2.05) is 16.3 Å². The molecule has 1 amide bonds. The third-order valence-corrected chi connectivity index (χ3v) is 5.28. The molecule has 1 aliphatic heterocycles. The van der Waals surface area contributed by atoms with E-state index in [4.69, 9.17) is 5.73 Å². The molecule has 21 heavy (non-hydrogen) atoms. The number of fused-ring (bicyclic) bond motifs is 1. The number of thiazole rings is 1. The van der Waals surface area contributed by atoms with Crippen molar-refractivity contribution in [2.24, 2.45) is 5.73 Å². The molecule has 0 unspecified atom stereocenters. The SMILES string of the molecule is NCCc1nc(C(=O)N2CCc3c(Br)cccc3C2)cs1. The minimum Gasteiger partial charge on any atom is -0.333 e. The molecule has 1 aliphatic rings. The van der Waals surface area contributed by atoms with Crippen LogP contribution in [0.25, 0.3) is 0 Å². The molecule has 0 spiro atoms. The fourth-order valence-electron chi connectivity index (χ4n) is 2.55. The summed E-state index contributed by atoms with van der Waals surface area (Å²) >= 11 is 5.09. The highest BCUT2D eigenvalue weighted by molar-refractivity contribution is 9.10. The van der Waals surface area contributed by atoms with Gasteiger partial charge in [0, 0.05) is 29.4 Å². The summed E-state index contributed by atoms with van der Waals surface area (Å²) in [6.45, 7) is 1.95. The van der Waals surface area contributed by atoms with Gasteiger partial charge in [-0.05, 0) is 30.2 Å². The molecular formula is C15H16BrN3OS. The molecule has 1 aromatic heterocycles. The number of aromatic nitrogens is 1. The monoisotopic (exact) mass is 365 g/mol. The van der Waals surface area contributed by atoms with Crippen LogP contribution in [0.4, 0.5) is 0 Å². The Balaban J connectivity index is 1.77. The Hall–Kier alpha value is -1.24. The number of carbonyl (C=O) groups is 1. The summed E-state index contributed by atoms with van der Waals surface area (Å²) in [5.74, 6) is 0.0140. The van der Waals surface area contributed by atoms with Crippen LogP contribution in [0.3, 0.4) is 0 Å². The van der Waals surface area contributed by atoms with E-state index in [2.05, 4.69) is 33.0 Å². The first-order valence-corrected chi connectivity index (χ1v) is 8.56. The molecule has 0 bridgehead atoms. The Morgan fingerprint density at radius 2 is 2.33 bits per heavy atom. The first kappa shape index (κ1) is 14.7. The predicted octanol–water partition coefficient (Wildman–Crippen LogP) is 2.61. The predicted molar refractivity (Wildman–Crippen MR) is 87.5 cm³/mol. The summed E-state index contributed by atoms with van der Waals surface area (Å²) in [4.78, 5) is 18.8. The minimum atomic E-state index is 0.0140. The number of nitrogens with two attached hydrogens (primary N) is 1. The van der Waals surface area contributed by atoms with Gasteiger partial charge in [0.15, 0.2) is 0 Å². The molecule has 0 aliphatic carbocycles. The maximum absolute atomic E-state index is 12.5. The number of hydrogen-bond acceptors (Lipinski definition) is 4. The second-order valence-electron chi connectivity index (χ2n) is 5.02. The lowest BCUT2D eigenvalue weighted by molar-refractivity contribution is 0.0729. The van der Waals surface area contributed by atoms with Crippen molar-refractivity contribution in [3.8, 4) is 0 Å². The van der Waals surface area contributed by atoms with E-state index in [-0.39, 0.29) is 5.91 Å². The van der Waals surface area contributed by atoms with E-state index >= 15 is 0 Å². The second-order valence-corrected chi connectivity index (χ2v) is 6.82. The van der Waals surface area contributed by atoms with E-state index in [0.717, 1.165) is 28.9 Å². The highest BCUT2D eigenvalue weighted by Crippen LogP contribution is 2.27. The van der Waals surface area contributed by atoms with Crippen LogP contribution in [-0.4, -0.2) is 28.9 Å². The van der Waals surface area contributed by atoms with Gasteiger partial charge >= 0.3 is 0 Å². The number of rotatable bonds is 3. The van der Waals surface area contributed by atoms with Crippen LogP contribution >= 0.6 is 27.3 Å². The zero-order chi connectivity index (χ0) is 14.8. The van der Waals surface area contributed by atoms with Gasteiger partial charge in [0.25, 0.3) is 5.91 Å². The smallest absolute Gasteiger partial charge is 0.273 e. The van der Waals surface area contributed by atoms with E-state index in [9.17, 15) is 4.79 Å². The van der Waals surface area contributed by atoms with Crippen molar-refractivity contribution in [1.82, 2.24) is 9.88 Å². The molecule has 1 aromatic carbocycles. The number of benzene rings is 1. The summed E-state index contributed by atoms with van der Waals surface area (Å²) in [6.07, 6.45) is 1.61. The van der Waals surface area contributed by atoms with Crippen molar-refractivity contribution < 1.29 is 4.79 Å². The maximum Gasteiger partial charge on any atom is 0.273 e. The summed E-state index contributed by atoms with van der Waals surface area (Å²) in [5.41, 5.74) is 8.58. The first-order valence-electron chi connectivity index (χ1n) is 6.89. The fraction of sp³-hybridized carbons (Fsp3) is 0.333. The van der Waals surface area contributed by atoms with Crippen LogP contribution in [0.15, 0.2) is 28.1 Å². The number of amides is 1. The van der Waals surface area contributed by atoms with Crippen LogP contribution in [0.1, 0.15) is 26.6 Å². The van der Waals surface area contributed by atoms with Crippen molar-refractivity contribution in [2.75, 3.05) is 13.1 Å². The normalized spacial score (nSPS) is 14.1. The van der Waals surface area contributed by atoms with Gasteiger partial charge in [-0.2, -0.15) is 0 Å². The van der Waals surface area contributed by atoms with Gasteiger partial charge in [0.1, 0.15) is 5.69 Å². The molecule has 0 atom stereocenters. The molecule has 4 nitrogen and oxygen atoms in total. The summed E-state index contributed by atoms with van der Waals surface area (Å²) < 4.78 is 1.13. The lowest BCUT2D eigenvalue weighted by atomic mass is 10.00. The van der Waals surface area contributed by atoms with E-state index < -0.39 is 0 Å². The molecule has 0 radical (unpaired) electrons. The van der Waals surface area contributed by atoms with Gasteiger partial charge in [0.05, 0.1) is 5.01 Å². The van der Waals surface area contributed by atoms with Crippen LogP contribution in [0.5, 0.6) is 0 Å². The Labute approximate surface area is 136 Å². The van der Waals surface area contributed by atoms with Gasteiger partial charge in [-0.1, -0.05) is 28.1 Å². The average Bonchev–Trinajstić information content (AvgIpc) is 2.95. The van der Waals surface area contributed by atoms with E-state index in [1.165, 1.54) is 22.5 Å². The van der Waals surface area contributed by atoms with Crippen LogP contribution in [0, 0.1) is 0 Å². The Morgan fingerprint density at radius 3 is 3.14 bits per heavy atom. The first-order chi connectivity index (χ1) is 10.2. The van der Waals surface area contributed by atoms with E-state index in [0.29, 0.717) is 18.8 Å². The molecule has 2 heterocycles. The highest BCUT2D eigenvalue weighted by atomic mass is 79.9. The van der Waals surface area contributed by atoms with Crippen molar-refractivity contribution in [1.29, 1.82) is 0 Å². The summed E-state index contributed by atoms with van der Waals surface area (Å²) in [5, 5.41) is 2.77. The van der Waals surface area contributed by atoms with Gasteiger partial charge in [0.2, 0.25) is 0 Å². The standard InChI is InChI=1S/C15H16BrN3OS/c16-12-3-1-2-10-8-19(7-5-11(10)12)15(20)13-9-21-14(18-13)4-6-17/h1-3,9H,4-8,17H2. The van der Waals surface area contributed by atoms with Crippen LogP contribution in [-0.2, 0) is 19.4 Å². The minimum absolute atomic E-state index is 0.0140. The fourth-order valence-corrected chi connectivity index (χ4v) is 3.94. The van der Waals surface area contributed by atoms with Crippen molar-refractivity contribution in [2.45, 2.75) is 19.4 Å². The van der Waals surface area contributed by atoms with Gasteiger partial charge in [-0.3, -0.25) is 4.79 Å². The van der Waals surface area contributed by atoms with Gasteiger partial charge in [-0.15, -0.1) is 11.3 Å². The molecule has 2 N–H and O–H groups in total. The van der Waals surface area contributed by atoms with Crippen LogP contribution < -0.4 is 5.73 Å². The topological polar surface area (TPSA) is 59.2 Å². The molecule has 0 saturated heterocycles. The highest BCUT2D eigenvalue weighted by Gasteiger charge is 2.24. The lowest BCUT2D eigenvalue weighted by Crippen LogP contribution is -2.36. The number of nitrogens with zero attached hydrogens (tertiary/aromatic N) is 2. The molecule has 110 valence electrons. The molecule has 0 saturated carbocycles. The number of carbonyl (C=O) groups excluding carboxylic acids is 1. The summed E-state index contributed by atoms with van der Waals surface area (Å²) in [6, 6.07) is 6.15. The zero-order valence-electron chi connectivity index (χ0n) is 11.5. The number of hydrogen-bond donors (Lipinski definition) is 1. The van der Waals surface area contributed by atoms with Crippen molar-refractivity contribution in [3.05, 3.63) is 49.9 Å². The zero-order valence-corrected chi connectivity index (χ0v) is 13.9. The number of halogens is 1. The summed E-state index contributed by atoms with van der Waals surface area (Å²) in [7, 11) is 0. The Morgan fingerprint density at radius 1 is 1.48 bits per heavy atom. The maximum atomic E-state index is 12.5. The van der Waals surface area contributed by atoms with Crippen molar-refractivity contribution in [3.63, 3.8) is 0 Å². The lowest BCUT2D eigenvalue weighted by Gasteiger charge is -2.29. The van der Waals surface area contributed by atoms with Crippen LogP contribution in [0.2, 0.25) is 0 Å². The molecule has 0 fully saturated rings. The second kappa shape index (κ2) is 6.25. The average molecular weight is 366 g/mol.